The molecule has 3 aromatic carbocycles. The van der Waals surface area contributed by atoms with Gasteiger partial charge < -0.3 is 4.84 Å². The second-order valence-electron chi connectivity index (χ2n) is 8.87. The summed E-state index contributed by atoms with van der Waals surface area (Å²) in [5, 5.41) is 4.22. The molecule has 3 aromatic rings. The van der Waals surface area contributed by atoms with Crippen molar-refractivity contribution in [2.75, 3.05) is 0 Å². The zero-order valence-corrected chi connectivity index (χ0v) is 20.4. The van der Waals surface area contributed by atoms with Gasteiger partial charge in [0.25, 0.3) is 0 Å². The number of rotatable bonds is 8. The van der Waals surface area contributed by atoms with E-state index in [1.807, 2.05) is 49.4 Å². The Labute approximate surface area is 201 Å². The predicted octanol–water partition coefficient (Wildman–Crippen LogP) is 7.07. The summed E-state index contributed by atoms with van der Waals surface area (Å²) >= 11 is 0. The largest absolute Gasteiger partial charge is 0.332 e. The molecule has 0 unspecified atom stereocenters. The van der Waals surface area contributed by atoms with Gasteiger partial charge in [-0.15, -0.1) is 0 Å². The molecule has 4 heteroatoms. The minimum atomic E-state index is -0.456. The van der Waals surface area contributed by atoms with E-state index in [1.54, 1.807) is 0 Å². The minimum Gasteiger partial charge on any atom is -0.318 e. The van der Waals surface area contributed by atoms with E-state index < -0.39 is 5.97 Å². The molecule has 4 rings (SSSR count). The van der Waals surface area contributed by atoms with Crippen molar-refractivity contribution in [2.24, 2.45) is 5.16 Å². The molecule has 34 heavy (non-hydrogen) atoms. The van der Waals surface area contributed by atoms with Gasteiger partial charge in [0.1, 0.15) is 5.71 Å². The van der Waals surface area contributed by atoms with E-state index in [1.165, 1.54) is 29.2 Å². The Morgan fingerprint density at radius 1 is 0.794 bits per heavy atom. The van der Waals surface area contributed by atoms with Crippen molar-refractivity contribution in [1.82, 2.24) is 0 Å². The maximum Gasteiger partial charge on any atom is 0.332 e. The van der Waals surface area contributed by atoms with E-state index in [0.29, 0.717) is 12.1 Å². The lowest BCUT2D eigenvalue weighted by Gasteiger charge is -2.30. The number of benzene rings is 3. The standard InChI is InChI=1S/C30H31NO3/c1-5-11-28(33)22-14-16-24-25-17-15-23(19-27(25)30(6-2,7-3)26(24)18-22)29(31-34-20(4)32)21-12-9-8-10-13-21/h8-10,12-19H,5-7,11H2,1-4H3. The Kier molecular flexibility index (Phi) is 6.78. The third-order valence-electron chi connectivity index (χ3n) is 6.95. The molecule has 0 saturated heterocycles. The first-order valence-corrected chi connectivity index (χ1v) is 12.1. The number of carbonyl (C=O) groups is 2. The van der Waals surface area contributed by atoms with Crippen LogP contribution in [0.25, 0.3) is 11.1 Å². The monoisotopic (exact) mass is 453 g/mol. The van der Waals surface area contributed by atoms with Crippen LogP contribution in [0.2, 0.25) is 0 Å². The van der Waals surface area contributed by atoms with Crippen LogP contribution in [0.4, 0.5) is 0 Å². The lowest BCUT2D eigenvalue weighted by Crippen LogP contribution is -2.24. The van der Waals surface area contributed by atoms with E-state index in [-0.39, 0.29) is 11.2 Å². The van der Waals surface area contributed by atoms with Gasteiger partial charge in [-0.2, -0.15) is 0 Å². The summed E-state index contributed by atoms with van der Waals surface area (Å²) in [7, 11) is 0. The average Bonchev–Trinajstić information content (AvgIpc) is 3.13. The molecule has 0 radical (unpaired) electrons. The number of ketones is 1. The SMILES string of the molecule is CCCC(=O)c1ccc2c(c1)C(CC)(CC)c1cc(C(=NOC(C)=O)c3ccccc3)ccc1-2. The number of nitrogens with zero attached hydrogens (tertiary/aromatic N) is 1. The number of fused-ring (bicyclic) bond motifs is 3. The van der Waals surface area contributed by atoms with Crippen molar-refractivity contribution in [3.8, 4) is 11.1 Å². The molecule has 0 atom stereocenters. The fourth-order valence-electron chi connectivity index (χ4n) is 5.18. The third kappa shape index (κ3) is 4.09. The van der Waals surface area contributed by atoms with Gasteiger partial charge in [0, 0.05) is 35.4 Å². The molecule has 0 saturated carbocycles. The molecule has 0 amide bonds. The quantitative estimate of drug-likeness (QED) is 0.159. The smallest absolute Gasteiger partial charge is 0.318 e. The Bertz CT molecular complexity index is 1250. The predicted molar refractivity (Wildman–Crippen MR) is 136 cm³/mol. The van der Waals surface area contributed by atoms with E-state index in [4.69, 9.17) is 4.84 Å². The van der Waals surface area contributed by atoms with Gasteiger partial charge in [-0.3, -0.25) is 4.79 Å². The molecule has 0 fully saturated rings. The van der Waals surface area contributed by atoms with Crippen LogP contribution in [-0.4, -0.2) is 17.5 Å². The fourth-order valence-corrected chi connectivity index (χ4v) is 5.18. The summed E-state index contributed by atoms with van der Waals surface area (Å²) in [6.45, 7) is 7.80. The van der Waals surface area contributed by atoms with E-state index in [0.717, 1.165) is 36.0 Å². The highest BCUT2D eigenvalue weighted by Crippen LogP contribution is 2.53. The second-order valence-corrected chi connectivity index (χ2v) is 8.87. The van der Waals surface area contributed by atoms with E-state index >= 15 is 0 Å². The molecular weight excluding hydrogens is 422 g/mol. The Morgan fingerprint density at radius 3 is 1.94 bits per heavy atom. The first-order chi connectivity index (χ1) is 16.4. The second kappa shape index (κ2) is 9.76. The molecule has 0 bridgehead atoms. The van der Waals surface area contributed by atoms with E-state index in [9.17, 15) is 9.59 Å². The Morgan fingerprint density at radius 2 is 1.38 bits per heavy atom. The molecule has 0 aliphatic heterocycles. The van der Waals surface area contributed by atoms with Crippen LogP contribution in [0, 0.1) is 0 Å². The van der Waals surface area contributed by atoms with Crippen molar-refractivity contribution in [2.45, 2.75) is 58.8 Å². The normalized spacial score (nSPS) is 13.8. The first-order valence-electron chi connectivity index (χ1n) is 12.1. The van der Waals surface area contributed by atoms with Gasteiger partial charge in [-0.05, 0) is 53.6 Å². The summed E-state index contributed by atoms with van der Waals surface area (Å²) in [6.07, 6.45) is 3.24. The highest BCUT2D eigenvalue weighted by molar-refractivity contribution is 6.13. The summed E-state index contributed by atoms with van der Waals surface area (Å²) < 4.78 is 0. The number of hydrogen-bond donors (Lipinski definition) is 0. The average molecular weight is 454 g/mol. The lowest BCUT2D eigenvalue weighted by atomic mass is 9.73. The summed E-state index contributed by atoms with van der Waals surface area (Å²) in [5.74, 6) is -0.259. The van der Waals surface area contributed by atoms with Gasteiger partial charge in [0.05, 0.1) is 0 Å². The number of Topliss-reactive ketones (excluding diaryl/α,β-unsaturated/α-hetero) is 1. The maximum absolute atomic E-state index is 12.7. The molecule has 0 spiro atoms. The summed E-state index contributed by atoms with van der Waals surface area (Å²) in [5.41, 5.74) is 7.84. The fraction of sp³-hybridized carbons (Fsp3) is 0.300. The highest BCUT2D eigenvalue weighted by Gasteiger charge is 2.41. The van der Waals surface area contributed by atoms with E-state index in [2.05, 4.69) is 43.3 Å². The zero-order chi connectivity index (χ0) is 24.3. The third-order valence-corrected chi connectivity index (χ3v) is 6.95. The highest BCUT2D eigenvalue weighted by atomic mass is 16.7. The van der Waals surface area contributed by atoms with Crippen LogP contribution < -0.4 is 0 Å². The van der Waals surface area contributed by atoms with Crippen LogP contribution in [-0.2, 0) is 15.0 Å². The number of oxime groups is 1. The van der Waals surface area contributed by atoms with Crippen LogP contribution in [0.15, 0.2) is 71.9 Å². The minimum absolute atomic E-state index is 0.188. The topological polar surface area (TPSA) is 55.7 Å². The van der Waals surface area contributed by atoms with Gasteiger partial charge in [-0.25, -0.2) is 4.79 Å². The number of carbonyl (C=O) groups excluding carboxylic acids is 2. The van der Waals surface area contributed by atoms with Crippen LogP contribution in [0.1, 0.15) is 86.0 Å². The Balaban J connectivity index is 1.88. The van der Waals surface area contributed by atoms with Crippen LogP contribution in [0.3, 0.4) is 0 Å². The number of hydrogen-bond acceptors (Lipinski definition) is 4. The maximum atomic E-state index is 12.7. The molecule has 4 nitrogen and oxygen atoms in total. The molecule has 1 aliphatic carbocycles. The zero-order valence-electron chi connectivity index (χ0n) is 20.4. The molecular formula is C30H31NO3. The van der Waals surface area contributed by atoms with Crippen molar-refractivity contribution in [3.63, 3.8) is 0 Å². The molecule has 1 aliphatic rings. The summed E-state index contributed by atoms with van der Waals surface area (Å²) in [6, 6.07) is 22.3. The van der Waals surface area contributed by atoms with Crippen molar-refractivity contribution >= 4 is 17.5 Å². The first kappa shape index (κ1) is 23.6. The molecule has 0 heterocycles. The Hall–Kier alpha value is -3.53. The van der Waals surface area contributed by atoms with Crippen molar-refractivity contribution in [3.05, 3.63) is 94.5 Å². The van der Waals surface area contributed by atoms with Crippen LogP contribution in [0.5, 0.6) is 0 Å². The van der Waals surface area contributed by atoms with Crippen molar-refractivity contribution < 1.29 is 14.4 Å². The van der Waals surface area contributed by atoms with Crippen LogP contribution >= 0.6 is 0 Å². The summed E-state index contributed by atoms with van der Waals surface area (Å²) in [4.78, 5) is 29.3. The van der Waals surface area contributed by atoms with Gasteiger partial charge >= 0.3 is 5.97 Å². The van der Waals surface area contributed by atoms with Gasteiger partial charge in [-0.1, -0.05) is 80.5 Å². The van der Waals surface area contributed by atoms with Gasteiger partial charge in [0.15, 0.2) is 5.78 Å². The molecule has 0 N–H and O–H groups in total. The van der Waals surface area contributed by atoms with Gasteiger partial charge in [0.2, 0.25) is 0 Å². The lowest BCUT2D eigenvalue weighted by molar-refractivity contribution is -0.140. The van der Waals surface area contributed by atoms with Crippen molar-refractivity contribution in [1.29, 1.82) is 0 Å². The molecule has 0 aromatic heterocycles. The molecule has 174 valence electrons.